The molecule has 2 nitrogen and oxygen atoms in total. The number of benzene rings is 1. The molecule has 0 bridgehead atoms. The van der Waals surface area contributed by atoms with E-state index in [2.05, 4.69) is 55.5 Å². The third-order valence-corrected chi connectivity index (χ3v) is 3.94. The van der Waals surface area contributed by atoms with Gasteiger partial charge in [-0.15, -0.1) is 0 Å². The minimum atomic E-state index is 0.184. The van der Waals surface area contributed by atoms with Crippen LogP contribution in [0.5, 0.6) is 0 Å². The zero-order valence-electron chi connectivity index (χ0n) is 10.8. The van der Waals surface area contributed by atoms with E-state index in [9.17, 15) is 0 Å². The van der Waals surface area contributed by atoms with Crippen molar-refractivity contribution < 1.29 is 0 Å². The molecule has 1 aliphatic rings. The Labute approximate surface area is 109 Å². The van der Waals surface area contributed by atoms with Gasteiger partial charge in [0.15, 0.2) is 0 Å². The van der Waals surface area contributed by atoms with E-state index in [-0.39, 0.29) is 5.41 Å². The molecule has 0 saturated heterocycles. The van der Waals surface area contributed by atoms with Gasteiger partial charge in [-0.25, -0.2) is 0 Å². The minimum absolute atomic E-state index is 0.184. The second kappa shape index (κ2) is 4.75. The molecule has 1 aromatic rings. The van der Waals surface area contributed by atoms with Crippen molar-refractivity contribution in [1.82, 2.24) is 10.2 Å². The van der Waals surface area contributed by atoms with Crippen molar-refractivity contribution in [3.8, 4) is 0 Å². The van der Waals surface area contributed by atoms with E-state index in [0.29, 0.717) is 0 Å². The molecular weight excluding hydrogens is 228 g/mol. The molecule has 0 aromatic heterocycles. The van der Waals surface area contributed by atoms with Gasteiger partial charge < -0.3 is 10.2 Å². The van der Waals surface area contributed by atoms with Crippen molar-refractivity contribution in [2.24, 2.45) is 0 Å². The number of thiocarbonyl (C=S) groups is 1. The fourth-order valence-electron chi connectivity index (χ4n) is 2.37. The molecule has 1 atom stereocenters. The van der Waals surface area contributed by atoms with Gasteiger partial charge >= 0.3 is 0 Å². The first-order valence-corrected chi connectivity index (χ1v) is 6.46. The normalized spacial score (nSPS) is 23.4. The highest BCUT2D eigenvalue weighted by atomic mass is 32.1. The van der Waals surface area contributed by atoms with E-state index < -0.39 is 0 Å². The van der Waals surface area contributed by atoms with E-state index >= 15 is 0 Å². The summed E-state index contributed by atoms with van der Waals surface area (Å²) in [6.07, 6.45) is 1.15. The molecule has 0 aliphatic carbocycles. The SMILES string of the molecule is CN(C)CCC1(C)CNC(=S)c2ccccc21. The van der Waals surface area contributed by atoms with Gasteiger partial charge in [0, 0.05) is 17.5 Å². The summed E-state index contributed by atoms with van der Waals surface area (Å²) in [6.45, 7) is 4.36. The van der Waals surface area contributed by atoms with Crippen molar-refractivity contribution >= 4 is 17.2 Å². The van der Waals surface area contributed by atoms with E-state index in [1.807, 2.05) is 0 Å². The highest BCUT2D eigenvalue weighted by molar-refractivity contribution is 7.80. The van der Waals surface area contributed by atoms with Crippen molar-refractivity contribution in [1.29, 1.82) is 0 Å². The summed E-state index contributed by atoms with van der Waals surface area (Å²) in [7, 11) is 4.24. The number of fused-ring (bicyclic) bond motifs is 1. The van der Waals surface area contributed by atoms with Gasteiger partial charge in [-0.1, -0.05) is 43.4 Å². The molecule has 1 N–H and O–H groups in total. The van der Waals surface area contributed by atoms with E-state index in [1.54, 1.807) is 0 Å². The maximum atomic E-state index is 5.38. The Bertz CT molecular complexity index is 428. The summed E-state index contributed by atoms with van der Waals surface area (Å²) < 4.78 is 0. The number of hydrogen-bond donors (Lipinski definition) is 1. The van der Waals surface area contributed by atoms with Crippen LogP contribution in [0.2, 0.25) is 0 Å². The van der Waals surface area contributed by atoms with Crippen molar-refractivity contribution in [2.75, 3.05) is 27.2 Å². The topological polar surface area (TPSA) is 15.3 Å². The molecule has 0 radical (unpaired) electrons. The molecule has 1 unspecified atom stereocenters. The average molecular weight is 248 g/mol. The maximum Gasteiger partial charge on any atom is 0.106 e. The summed E-state index contributed by atoms with van der Waals surface area (Å²) in [5.41, 5.74) is 2.78. The molecule has 3 heteroatoms. The fraction of sp³-hybridized carbons (Fsp3) is 0.500. The highest BCUT2D eigenvalue weighted by Crippen LogP contribution is 2.33. The Hall–Kier alpha value is -0.930. The predicted molar refractivity (Wildman–Crippen MR) is 76.7 cm³/mol. The van der Waals surface area contributed by atoms with Crippen LogP contribution in [0.15, 0.2) is 24.3 Å². The van der Waals surface area contributed by atoms with Crippen molar-refractivity contribution in [2.45, 2.75) is 18.8 Å². The average Bonchev–Trinajstić information content (AvgIpc) is 2.32. The molecule has 1 aliphatic heterocycles. The molecule has 0 fully saturated rings. The Balaban J connectivity index is 2.31. The lowest BCUT2D eigenvalue weighted by Crippen LogP contribution is -2.45. The maximum absolute atomic E-state index is 5.38. The summed E-state index contributed by atoms with van der Waals surface area (Å²) >= 11 is 5.38. The number of nitrogens with one attached hydrogen (secondary N) is 1. The molecular formula is C14H20N2S. The van der Waals surface area contributed by atoms with Gasteiger partial charge in [0.1, 0.15) is 4.99 Å². The van der Waals surface area contributed by atoms with Crippen LogP contribution in [0.1, 0.15) is 24.5 Å². The van der Waals surface area contributed by atoms with Gasteiger partial charge in [0.2, 0.25) is 0 Å². The summed E-state index contributed by atoms with van der Waals surface area (Å²) in [4.78, 5) is 3.13. The largest absolute Gasteiger partial charge is 0.375 e. The Morgan fingerprint density at radius 3 is 2.76 bits per heavy atom. The van der Waals surface area contributed by atoms with Crippen LogP contribution in [0.25, 0.3) is 0 Å². The van der Waals surface area contributed by atoms with E-state index in [0.717, 1.165) is 24.5 Å². The molecule has 0 spiro atoms. The van der Waals surface area contributed by atoms with Crippen LogP contribution in [0, 0.1) is 0 Å². The third kappa shape index (κ3) is 2.50. The first kappa shape index (κ1) is 12.5. The highest BCUT2D eigenvalue weighted by Gasteiger charge is 2.33. The van der Waals surface area contributed by atoms with Crippen molar-refractivity contribution in [3.63, 3.8) is 0 Å². The van der Waals surface area contributed by atoms with Gasteiger partial charge in [-0.2, -0.15) is 0 Å². The van der Waals surface area contributed by atoms with Gasteiger partial charge in [0.25, 0.3) is 0 Å². The monoisotopic (exact) mass is 248 g/mol. The number of nitrogens with zero attached hydrogens (tertiary/aromatic N) is 1. The number of rotatable bonds is 3. The standard InChI is InChI=1S/C14H20N2S/c1-14(8-9-16(2)3)10-15-13(17)11-6-4-5-7-12(11)14/h4-7H,8-10H2,1-3H3,(H,15,17). The van der Waals surface area contributed by atoms with E-state index in [1.165, 1.54) is 11.1 Å². The number of hydrogen-bond acceptors (Lipinski definition) is 2. The quantitative estimate of drug-likeness (QED) is 0.825. The Morgan fingerprint density at radius 2 is 2.06 bits per heavy atom. The first-order valence-electron chi connectivity index (χ1n) is 6.05. The van der Waals surface area contributed by atoms with E-state index in [4.69, 9.17) is 12.2 Å². The fourth-order valence-corrected chi connectivity index (χ4v) is 2.62. The molecule has 1 aromatic carbocycles. The minimum Gasteiger partial charge on any atom is -0.375 e. The van der Waals surface area contributed by atoms with Crippen LogP contribution >= 0.6 is 12.2 Å². The van der Waals surface area contributed by atoms with Gasteiger partial charge in [-0.3, -0.25) is 0 Å². The van der Waals surface area contributed by atoms with Gasteiger partial charge in [-0.05, 0) is 32.6 Å². The van der Waals surface area contributed by atoms with Gasteiger partial charge in [0.05, 0.1) is 0 Å². The van der Waals surface area contributed by atoms with Crippen LogP contribution in [0.4, 0.5) is 0 Å². The van der Waals surface area contributed by atoms with Crippen LogP contribution in [0.3, 0.4) is 0 Å². The third-order valence-electron chi connectivity index (χ3n) is 3.57. The lowest BCUT2D eigenvalue weighted by molar-refractivity contribution is 0.324. The first-order chi connectivity index (χ1) is 8.03. The summed E-state index contributed by atoms with van der Waals surface area (Å²) in [5.74, 6) is 0. The second-order valence-electron chi connectivity index (χ2n) is 5.34. The predicted octanol–water partition coefficient (Wildman–Crippen LogP) is 2.17. The Kier molecular flexibility index (Phi) is 3.50. The lowest BCUT2D eigenvalue weighted by Gasteiger charge is -2.37. The molecule has 17 heavy (non-hydrogen) atoms. The smallest absolute Gasteiger partial charge is 0.106 e. The second-order valence-corrected chi connectivity index (χ2v) is 5.75. The lowest BCUT2D eigenvalue weighted by atomic mass is 9.75. The summed E-state index contributed by atoms with van der Waals surface area (Å²) in [5, 5.41) is 3.37. The zero-order chi connectivity index (χ0) is 12.5. The van der Waals surface area contributed by atoms with Crippen LogP contribution < -0.4 is 5.32 Å². The molecule has 92 valence electrons. The Morgan fingerprint density at radius 1 is 1.35 bits per heavy atom. The molecule has 2 rings (SSSR count). The zero-order valence-corrected chi connectivity index (χ0v) is 11.6. The van der Waals surface area contributed by atoms with Crippen LogP contribution in [-0.2, 0) is 5.41 Å². The van der Waals surface area contributed by atoms with Crippen molar-refractivity contribution in [3.05, 3.63) is 35.4 Å². The van der Waals surface area contributed by atoms with Crippen LogP contribution in [-0.4, -0.2) is 37.1 Å². The molecule has 1 heterocycles. The summed E-state index contributed by atoms with van der Waals surface area (Å²) in [6, 6.07) is 8.51. The molecule has 0 amide bonds. The molecule has 0 saturated carbocycles.